The summed E-state index contributed by atoms with van der Waals surface area (Å²) in [6.07, 6.45) is 0.858. The first-order valence-corrected chi connectivity index (χ1v) is 7.00. The molecule has 1 amide bonds. The molecule has 1 N–H and O–H groups in total. The zero-order valence-electron chi connectivity index (χ0n) is 10.0. The van der Waals surface area contributed by atoms with E-state index in [0.717, 1.165) is 6.42 Å². The third kappa shape index (κ3) is 3.59. The standard InChI is InChI=1S/C14H14ClNOS/c1-10(9-13-3-2-8-18-13)16-14(17)11-4-6-12(15)7-5-11/h2-8,10H,9H2,1H3,(H,16,17). The maximum atomic E-state index is 11.9. The summed E-state index contributed by atoms with van der Waals surface area (Å²) in [6, 6.07) is 11.1. The minimum Gasteiger partial charge on any atom is -0.349 e. The monoisotopic (exact) mass is 279 g/mol. The minimum atomic E-state index is -0.0595. The van der Waals surface area contributed by atoms with Crippen molar-refractivity contribution in [3.05, 3.63) is 57.2 Å². The van der Waals surface area contributed by atoms with E-state index in [9.17, 15) is 4.79 Å². The summed E-state index contributed by atoms with van der Waals surface area (Å²) < 4.78 is 0. The molecular weight excluding hydrogens is 266 g/mol. The molecule has 1 aromatic heterocycles. The molecule has 0 radical (unpaired) electrons. The Morgan fingerprint density at radius 2 is 2.06 bits per heavy atom. The number of thiophene rings is 1. The molecule has 0 aliphatic heterocycles. The van der Waals surface area contributed by atoms with Gasteiger partial charge in [-0.2, -0.15) is 0 Å². The Balaban J connectivity index is 1.92. The van der Waals surface area contributed by atoms with E-state index in [-0.39, 0.29) is 11.9 Å². The van der Waals surface area contributed by atoms with E-state index in [1.807, 2.05) is 18.4 Å². The van der Waals surface area contributed by atoms with Crippen molar-refractivity contribution in [3.8, 4) is 0 Å². The van der Waals surface area contributed by atoms with Crippen molar-refractivity contribution in [3.63, 3.8) is 0 Å². The quantitative estimate of drug-likeness (QED) is 0.907. The molecule has 18 heavy (non-hydrogen) atoms. The molecule has 0 fully saturated rings. The normalized spacial score (nSPS) is 12.1. The predicted octanol–water partition coefficient (Wildman–Crippen LogP) is 3.76. The molecular formula is C14H14ClNOS. The number of rotatable bonds is 4. The average molecular weight is 280 g/mol. The SMILES string of the molecule is CC(Cc1cccs1)NC(=O)c1ccc(Cl)cc1. The van der Waals surface area contributed by atoms with Gasteiger partial charge in [-0.15, -0.1) is 11.3 Å². The summed E-state index contributed by atoms with van der Waals surface area (Å²) in [7, 11) is 0. The van der Waals surface area contributed by atoms with Crippen molar-refractivity contribution >= 4 is 28.8 Å². The van der Waals surface area contributed by atoms with Crippen LogP contribution in [0.3, 0.4) is 0 Å². The van der Waals surface area contributed by atoms with Gasteiger partial charge in [0, 0.05) is 27.9 Å². The first kappa shape index (κ1) is 13.1. The van der Waals surface area contributed by atoms with Crippen LogP contribution in [0.2, 0.25) is 5.02 Å². The third-order valence-electron chi connectivity index (χ3n) is 2.57. The molecule has 0 bridgehead atoms. The summed E-state index contributed by atoms with van der Waals surface area (Å²) in [5.74, 6) is -0.0595. The first-order chi connectivity index (χ1) is 8.65. The lowest BCUT2D eigenvalue weighted by Crippen LogP contribution is -2.33. The van der Waals surface area contributed by atoms with Gasteiger partial charge < -0.3 is 5.32 Å². The molecule has 0 spiro atoms. The summed E-state index contributed by atoms with van der Waals surface area (Å²) in [5.41, 5.74) is 0.637. The first-order valence-electron chi connectivity index (χ1n) is 5.74. The van der Waals surface area contributed by atoms with Crippen LogP contribution >= 0.6 is 22.9 Å². The lowest BCUT2D eigenvalue weighted by molar-refractivity contribution is 0.0940. The van der Waals surface area contributed by atoms with Crippen LogP contribution in [0.5, 0.6) is 0 Å². The molecule has 1 atom stereocenters. The fourth-order valence-corrected chi connectivity index (χ4v) is 2.65. The van der Waals surface area contributed by atoms with Crippen LogP contribution in [-0.2, 0) is 6.42 Å². The van der Waals surface area contributed by atoms with Crippen LogP contribution in [0.15, 0.2) is 41.8 Å². The lowest BCUT2D eigenvalue weighted by Gasteiger charge is -2.12. The highest BCUT2D eigenvalue weighted by Crippen LogP contribution is 2.12. The topological polar surface area (TPSA) is 29.1 Å². The number of carbonyl (C=O) groups excluding carboxylic acids is 1. The molecule has 0 aliphatic rings. The van der Waals surface area contributed by atoms with Gasteiger partial charge in [0.05, 0.1) is 0 Å². The van der Waals surface area contributed by atoms with Gasteiger partial charge in [-0.25, -0.2) is 0 Å². The van der Waals surface area contributed by atoms with Crippen molar-refractivity contribution in [2.45, 2.75) is 19.4 Å². The van der Waals surface area contributed by atoms with Crippen LogP contribution in [0, 0.1) is 0 Å². The molecule has 1 aromatic carbocycles. The van der Waals surface area contributed by atoms with Crippen molar-refractivity contribution in [2.75, 3.05) is 0 Å². The molecule has 0 saturated heterocycles. The number of halogens is 1. The zero-order chi connectivity index (χ0) is 13.0. The molecule has 2 rings (SSSR count). The average Bonchev–Trinajstić information content (AvgIpc) is 2.82. The highest BCUT2D eigenvalue weighted by atomic mass is 35.5. The van der Waals surface area contributed by atoms with E-state index in [2.05, 4.69) is 11.4 Å². The largest absolute Gasteiger partial charge is 0.349 e. The van der Waals surface area contributed by atoms with E-state index < -0.39 is 0 Å². The van der Waals surface area contributed by atoms with Crippen LogP contribution in [0.1, 0.15) is 22.2 Å². The Kier molecular flexibility index (Phi) is 4.39. The molecule has 1 unspecified atom stereocenters. The summed E-state index contributed by atoms with van der Waals surface area (Å²) in [5, 5.41) is 5.66. The molecule has 4 heteroatoms. The van der Waals surface area contributed by atoms with Crippen LogP contribution in [0.4, 0.5) is 0 Å². The Labute approximate surface area is 116 Å². The third-order valence-corrected chi connectivity index (χ3v) is 3.72. The highest BCUT2D eigenvalue weighted by Gasteiger charge is 2.10. The molecule has 2 aromatic rings. The van der Waals surface area contributed by atoms with Gasteiger partial charge in [-0.3, -0.25) is 4.79 Å². The maximum Gasteiger partial charge on any atom is 0.251 e. The number of benzene rings is 1. The second-order valence-electron chi connectivity index (χ2n) is 4.16. The molecule has 1 heterocycles. The summed E-state index contributed by atoms with van der Waals surface area (Å²) in [4.78, 5) is 13.2. The molecule has 0 saturated carbocycles. The van der Waals surface area contributed by atoms with Crippen molar-refractivity contribution in [1.29, 1.82) is 0 Å². The summed E-state index contributed by atoms with van der Waals surface area (Å²) in [6.45, 7) is 2.01. The van der Waals surface area contributed by atoms with E-state index in [1.165, 1.54) is 4.88 Å². The maximum absolute atomic E-state index is 11.9. The molecule has 94 valence electrons. The molecule has 0 aliphatic carbocycles. The second-order valence-corrected chi connectivity index (χ2v) is 5.63. The predicted molar refractivity (Wildman–Crippen MR) is 76.4 cm³/mol. The van der Waals surface area contributed by atoms with Gasteiger partial charge in [0.15, 0.2) is 0 Å². The minimum absolute atomic E-state index is 0.0595. The fourth-order valence-electron chi connectivity index (χ4n) is 1.69. The molecule has 2 nitrogen and oxygen atoms in total. The number of amides is 1. The Morgan fingerprint density at radius 1 is 1.33 bits per heavy atom. The van der Waals surface area contributed by atoms with Crippen molar-refractivity contribution in [2.24, 2.45) is 0 Å². The second kappa shape index (κ2) is 6.03. The number of carbonyl (C=O) groups is 1. The highest BCUT2D eigenvalue weighted by molar-refractivity contribution is 7.09. The van der Waals surface area contributed by atoms with Gasteiger partial charge >= 0.3 is 0 Å². The number of hydrogen-bond donors (Lipinski definition) is 1. The van der Waals surface area contributed by atoms with Gasteiger partial charge in [-0.05, 0) is 42.6 Å². The lowest BCUT2D eigenvalue weighted by atomic mass is 10.1. The van der Waals surface area contributed by atoms with Gasteiger partial charge in [0.1, 0.15) is 0 Å². The van der Waals surface area contributed by atoms with Crippen LogP contribution < -0.4 is 5.32 Å². The Bertz CT molecular complexity index is 507. The van der Waals surface area contributed by atoms with Crippen molar-refractivity contribution in [1.82, 2.24) is 5.32 Å². The number of nitrogens with one attached hydrogen (secondary N) is 1. The Morgan fingerprint density at radius 3 is 2.67 bits per heavy atom. The van der Waals surface area contributed by atoms with Crippen LogP contribution in [-0.4, -0.2) is 11.9 Å². The zero-order valence-corrected chi connectivity index (χ0v) is 11.6. The number of hydrogen-bond acceptors (Lipinski definition) is 2. The smallest absolute Gasteiger partial charge is 0.251 e. The van der Waals surface area contributed by atoms with E-state index in [0.29, 0.717) is 10.6 Å². The van der Waals surface area contributed by atoms with Gasteiger partial charge in [0.2, 0.25) is 0 Å². The van der Waals surface area contributed by atoms with Gasteiger partial charge in [0.25, 0.3) is 5.91 Å². The van der Waals surface area contributed by atoms with E-state index >= 15 is 0 Å². The Hall–Kier alpha value is -1.32. The van der Waals surface area contributed by atoms with E-state index in [1.54, 1.807) is 35.6 Å². The van der Waals surface area contributed by atoms with Gasteiger partial charge in [-0.1, -0.05) is 17.7 Å². The van der Waals surface area contributed by atoms with Crippen LogP contribution in [0.25, 0.3) is 0 Å². The van der Waals surface area contributed by atoms with Crippen molar-refractivity contribution < 1.29 is 4.79 Å². The van der Waals surface area contributed by atoms with E-state index in [4.69, 9.17) is 11.6 Å². The fraction of sp³-hybridized carbons (Fsp3) is 0.214. The summed E-state index contributed by atoms with van der Waals surface area (Å²) >= 11 is 7.49.